The van der Waals surface area contributed by atoms with Crippen LogP contribution in [0.1, 0.15) is 34.3 Å². The van der Waals surface area contributed by atoms with Crippen LogP contribution in [0.5, 0.6) is 0 Å². The van der Waals surface area contributed by atoms with Gasteiger partial charge in [-0.25, -0.2) is 4.68 Å². The summed E-state index contributed by atoms with van der Waals surface area (Å²) in [5.41, 5.74) is 4.78. The molecule has 26 heavy (non-hydrogen) atoms. The van der Waals surface area contributed by atoms with E-state index < -0.39 is 23.3 Å². The number of para-hydroxylation sites is 1. The lowest BCUT2D eigenvalue weighted by atomic mass is 9.98. The normalized spacial score (nSPS) is 13.0. The maximum Gasteiger partial charge on any atom is 0.305 e. The lowest BCUT2D eigenvalue weighted by Crippen LogP contribution is -2.50. The number of aromatic nitrogens is 2. The molecule has 0 aliphatic heterocycles. The van der Waals surface area contributed by atoms with E-state index in [1.165, 1.54) is 17.9 Å². The Morgan fingerprint density at radius 2 is 1.96 bits per heavy atom. The SMILES string of the molecule is COCC(C)(CC(=O)O)NC(=O)c1cc(C(N)=O)n(-c2ccccc2)n1. The third-order valence-corrected chi connectivity index (χ3v) is 3.61. The second kappa shape index (κ2) is 7.79. The zero-order valence-electron chi connectivity index (χ0n) is 14.4. The van der Waals surface area contributed by atoms with E-state index in [0.717, 1.165) is 0 Å². The van der Waals surface area contributed by atoms with E-state index >= 15 is 0 Å². The second-order valence-corrected chi connectivity index (χ2v) is 6.04. The van der Waals surface area contributed by atoms with Crippen molar-refractivity contribution in [1.29, 1.82) is 0 Å². The largest absolute Gasteiger partial charge is 0.481 e. The minimum Gasteiger partial charge on any atom is -0.481 e. The van der Waals surface area contributed by atoms with Crippen molar-refractivity contribution in [2.24, 2.45) is 5.73 Å². The Balaban J connectivity index is 2.34. The molecule has 0 aliphatic carbocycles. The van der Waals surface area contributed by atoms with Crippen LogP contribution in [0.25, 0.3) is 5.69 Å². The second-order valence-electron chi connectivity index (χ2n) is 6.04. The molecule has 2 aromatic rings. The summed E-state index contributed by atoms with van der Waals surface area (Å²) in [6.45, 7) is 1.54. The number of carbonyl (C=O) groups is 3. The molecular formula is C17H20N4O5. The highest BCUT2D eigenvalue weighted by Crippen LogP contribution is 2.15. The highest BCUT2D eigenvalue weighted by Gasteiger charge is 2.31. The summed E-state index contributed by atoms with van der Waals surface area (Å²) in [5, 5.41) is 15.8. The molecule has 138 valence electrons. The van der Waals surface area contributed by atoms with Crippen LogP contribution < -0.4 is 11.1 Å². The van der Waals surface area contributed by atoms with Crippen LogP contribution in [-0.4, -0.2) is 51.9 Å². The number of hydrogen-bond acceptors (Lipinski definition) is 5. The first kappa shape index (κ1) is 19.1. The van der Waals surface area contributed by atoms with Crippen LogP contribution in [-0.2, 0) is 9.53 Å². The Morgan fingerprint density at radius 1 is 1.31 bits per heavy atom. The van der Waals surface area contributed by atoms with Gasteiger partial charge in [-0.1, -0.05) is 18.2 Å². The van der Waals surface area contributed by atoms with Crippen LogP contribution in [0.3, 0.4) is 0 Å². The fourth-order valence-corrected chi connectivity index (χ4v) is 2.56. The number of amides is 2. The molecule has 1 unspecified atom stereocenters. The summed E-state index contributed by atoms with van der Waals surface area (Å²) in [5.74, 6) is -2.47. The highest BCUT2D eigenvalue weighted by atomic mass is 16.5. The number of methoxy groups -OCH3 is 1. The van der Waals surface area contributed by atoms with Gasteiger partial charge in [-0.05, 0) is 19.1 Å². The predicted octanol–water partition coefficient (Wildman–Crippen LogP) is 0.581. The van der Waals surface area contributed by atoms with E-state index in [1.807, 2.05) is 0 Å². The smallest absolute Gasteiger partial charge is 0.305 e. The molecule has 9 nitrogen and oxygen atoms in total. The maximum atomic E-state index is 12.5. The van der Waals surface area contributed by atoms with E-state index in [0.29, 0.717) is 5.69 Å². The van der Waals surface area contributed by atoms with Gasteiger partial charge in [0.05, 0.1) is 24.3 Å². The first-order valence-corrected chi connectivity index (χ1v) is 7.74. The van der Waals surface area contributed by atoms with E-state index in [1.54, 1.807) is 37.3 Å². The summed E-state index contributed by atoms with van der Waals surface area (Å²) in [4.78, 5) is 35.3. The van der Waals surface area contributed by atoms with Gasteiger partial charge in [-0.2, -0.15) is 5.10 Å². The minimum absolute atomic E-state index is 0.00683. The molecule has 0 saturated carbocycles. The van der Waals surface area contributed by atoms with Crippen LogP contribution in [0.4, 0.5) is 0 Å². The molecule has 2 rings (SSSR count). The third kappa shape index (κ3) is 4.45. The molecule has 0 fully saturated rings. The molecule has 9 heteroatoms. The summed E-state index contributed by atoms with van der Waals surface area (Å²) in [6.07, 6.45) is -0.339. The number of carboxylic acid groups (broad SMARTS) is 1. The van der Waals surface area contributed by atoms with Crippen molar-refractivity contribution in [2.45, 2.75) is 18.9 Å². The van der Waals surface area contributed by atoms with Crippen LogP contribution >= 0.6 is 0 Å². The van der Waals surface area contributed by atoms with Gasteiger partial charge in [0.2, 0.25) is 0 Å². The number of benzene rings is 1. The molecular weight excluding hydrogens is 340 g/mol. The van der Waals surface area contributed by atoms with E-state index in [9.17, 15) is 14.4 Å². The first-order valence-electron chi connectivity index (χ1n) is 7.74. The number of hydrogen-bond donors (Lipinski definition) is 3. The number of rotatable bonds is 8. The zero-order valence-corrected chi connectivity index (χ0v) is 14.4. The Kier molecular flexibility index (Phi) is 5.73. The van der Waals surface area contributed by atoms with Crippen molar-refractivity contribution in [3.05, 3.63) is 47.8 Å². The van der Waals surface area contributed by atoms with Crippen LogP contribution in [0.2, 0.25) is 0 Å². The lowest BCUT2D eigenvalue weighted by molar-refractivity contribution is -0.139. The molecule has 1 heterocycles. The Bertz CT molecular complexity index is 818. The molecule has 1 aromatic carbocycles. The van der Waals surface area contributed by atoms with E-state index in [-0.39, 0.29) is 24.4 Å². The molecule has 1 atom stereocenters. The average molecular weight is 360 g/mol. The van der Waals surface area contributed by atoms with Gasteiger partial charge in [0, 0.05) is 13.2 Å². The summed E-state index contributed by atoms with van der Waals surface area (Å²) >= 11 is 0. The number of nitrogens with one attached hydrogen (secondary N) is 1. The molecule has 0 bridgehead atoms. The molecule has 2 amide bonds. The van der Waals surface area contributed by atoms with Crippen molar-refractivity contribution in [3.63, 3.8) is 0 Å². The van der Waals surface area contributed by atoms with Crippen LogP contribution in [0, 0.1) is 0 Å². The van der Waals surface area contributed by atoms with Gasteiger partial charge < -0.3 is 20.9 Å². The number of aliphatic carboxylic acids is 1. The van der Waals surface area contributed by atoms with Gasteiger partial charge in [-0.15, -0.1) is 0 Å². The Morgan fingerprint density at radius 3 is 2.50 bits per heavy atom. The zero-order chi connectivity index (χ0) is 19.3. The van der Waals surface area contributed by atoms with E-state index in [2.05, 4.69) is 10.4 Å². The number of primary amides is 1. The quantitative estimate of drug-likeness (QED) is 0.630. The lowest BCUT2D eigenvalue weighted by Gasteiger charge is -2.28. The van der Waals surface area contributed by atoms with Crippen LogP contribution in [0.15, 0.2) is 36.4 Å². The number of nitrogens with zero attached hydrogens (tertiary/aromatic N) is 2. The van der Waals surface area contributed by atoms with Gasteiger partial charge in [0.1, 0.15) is 5.69 Å². The topological polar surface area (TPSA) is 137 Å². The van der Waals surface area contributed by atoms with Crippen molar-refractivity contribution >= 4 is 17.8 Å². The van der Waals surface area contributed by atoms with Crippen molar-refractivity contribution in [1.82, 2.24) is 15.1 Å². The maximum absolute atomic E-state index is 12.5. The predicted molar refractivity (Wildman–Crippen MR) is 92.1 cm³/mol. The number of carbonyl (C=O) groups excluding carboxylic acids is 2. The fraction of sp³-hybridized carbons (Fsp3) is 0.294. The first-order chi connectivity index (χ1) is 12.3. The average Bonchev–Trinajstić information content (AvgIpc) is 3.00. The summed E-state index contributed by atoms with van der Waals surface area (Å²) < 4.78 is 6.27. The molecule has 0 spiro atoms. The fourth-order valence-electron chi connectivity index (χ4n) is 2.56. The van der Waals surface area contributed by atoms with Crippen molar-refractivity contribution in [2.75, 3.05) is 13.7 Å². The molecule has 0 aliphatic rings. The highest BCUT2D eigenvalue weighted by molar-refractivity contribution is 5.98. The monoisotopic (exact) mass is 360 g/mol. The van der Waals surface area contributed by atoms with Gasteiger partial charge in [-0.3, -0.25) is 14.4 Å². The standard InChI is InChI=1S/C17H20N4O5/c1-17(10-26-2,9-14(22)23)19-16(25)12-8-13(15(18)24)21(20-12)11-6-4-3-5-7-11/h3-8H,9-10H2,1-2H3,(H2,18,24)(H,19,25)(H,22,23). The Hall–Kier alpha value is -3.20. The number of ether oxygens (including phenoxy) is 1. The number of carboxylic acids is 1. The molecule has 4 N–H and O–H groups in total. The Labute approximate surface area is 149 Å². The summed E-state index contributed by atoms with van der Waals surface area (Å²) in [7, 11) is 1.40. The van der Waals surface area contributed by atoms with Gasteiger partial charge in [0.25, 0.3) is 11.8 Å². The van der Waals surface area contributed by atoms with Crippen molar-refractivity contribution in [3.8, 4) is 5.69 Å². The molecule has 0 saturated heterocycles. The van der Waals surface area contributed by atoms with Gasteiger partial charge >= 0.3 is 5.97 Å². The molecule has 1 aromatic heterocycles. The van der Waals surface area contributed by atoms with Gasteiger partial charge in [0.15, 0.2) is 5.69 Å². The minimum atomic E-state index is -1.14. The summed E-state index contributed by atoms with van der Waals surface area (Å²) in [6, 6.07) is 9.99. The van der Waals surface area contributed by atoms with Crippen molar-refractivity contribution < 1.29 is 24.2 Å². The number of nitrogens with two attached hydrogens (primary N) is 1. The molecule has 0 radical (unpaired) electrons. The third-order valence-electron chi connectivity index (χ3n) is 3.61. The van der Waals surface area contributed by atoms with E-state index in [4.69, 9.17) is 15.6 Å².